The second kappa shape index (κ2) is 4.80. The predicted molar refractivity (Wildman–Crippen MR) is 69.7 cm³/mol. The van der Waals surface area contributed by atoms with E-state index in [2.05, 4.69) is 5.10 Å². The highest BCUT2D eigenvalue weighted by Crippen LogP contribution is 2.28. The van der Waals surface area contributed by atoms with Crippen LogP contribution in [0.25, 0.3) is 0 Å². The number of aryl methyl sites for hydroxylation is 1. The van der Waals surface area contributed by atoms with E-state index in [4.69, 9.17) is 0 Å². The van der Waals surface area contributed by atoms with Gasteiger partial charge in [-0.15, -0.1) is 0 Å². The van der Waals surface area contributed by atoms with E-state index in [1.165, 1.54) is 0 Å². The molecule has 1 aromatic heterocycles. The van der Waals surface area contributed by atoms with Gasteiger partial charge >= 0.3 is 0 Å². The van der Waals surface area contributed by atoms with Crippen molar-refractivity contribution < 1.29 is 13.6 Å². The van der Waals surface area contributed by atoms with E-state index >= 15 is 0 Å². The fourth-order valence-corrected chi connectivity index (χ4v) is 2.82. The quantitative estimate of drug-likeness (QED) is 0.826. The molecule has 5 nitrogen and oxygen atoms in total. The Balaban J connectivity index is 1.75. The normalized spacial score (nSPS) is 22.9. The SMILES string of the molecule is CN1C(=O)CCCn2nc(CN3CCC(F)(F)C3)cc21. The first-order chi connectivity index (χ1) is 9.44. The summed E-state index contributed by atoms with van der Waals surface area (Å²) in [6.45, 7) is 1.30. The Morgan fingerprint density at radius 2 is 2.20 bits per heavy atom. The molecule has 1 fully saturated rings. The van der Waals surface area contributed by atoms with Crippen LogP contribution in [-0.2, 0) is 17.9 Å². The lowest BCUT2D eigenvalue weighted by Crippen LogP contribution is -2.25. The average Bonchev–Trinajstić information content (AvgIpc) is 2.89. The van der Waals surface area contributed by atoms with Gasteiger partial charge in [0.1, 0.15) is 5.82 Å². The summed E-state index contributed by atoms with van der Waals surface area (Å²) < 4.78 is 28.1. The van der Waals surface area contributed by atoms with Crippen LogP contribution < -0.4 is 4.90 Å². The van der Waals surface area contributed by atoms with Crippen LogP contribution in [0.4, 0.5) is 14.6 Å². The number of aromatic nitrogens is 2. The molecule has 7 heteroatoms. The Hall–Kier alpha value is -1.50. The van der Waals surface area contributed by atoms with Crippen molar-refractivity contribution >= 4 is 11.7 Å². The topological polar surface area (TPSA) is 41.4 Å². The second-order valence-corrected chi connectivity index (χ2v) is 5.59. The summed E-state index contributed by atoms with van der Waals surface area (Å²) in [5.41, 5.74) is 0.749. The number of halogens is 2. The van der Waals surface area contributed by atoms with Crippen molar-refractivity contribution in [3.05, 3.63) is 11.8 Å². The largest absolute Gasteiger partial charge is 0.300 e. The van der Waals surface area contributed by atoms with E-state index in [9.17, 15) is 13.6 Å². The summed E-state index contributed by atoms with van der Waals surface area (Å²) in [4.78, 5) is 15.1. The first kappa shape index (κ1) is 13.5. The molecule has 1 saturated heterocycles. The third kappa shape index (κ3) is 2.54. The zero-order valence-corrected chi connectivity index (χ0v) is 11.5. The first-order valence-corrected chi connectivity index (χ1v) is 6.88. The van der Waals surface area contributed by atoms with Gasteiger partial charge in [-0.05, 0) is 6.42 Å². The van der Waals surface area contributed by atoms with Crippen molar-refractivity contribution in [2.75, 3.05) is 25.0 Å². The number of nitrogens with zero attached hydrogens (tertiary/aromatic N) is 4. The molecule has 0 saturated carbocycles. The van der Waals surface area contributed by atoms with Crippen LogP contribution in [0, 0.1) is 0 Å². The lowest BCUT2D eigenvalue weighted by molar-refractivity contribution is -0.118. The van der Waals surface area contributed by atoms with Gasteiger partial charge in [0.2, 0.25) is 5.91 Å². The Bertz CT molecular complexity index is 528. The van der Waals surface area contributed by atoms with Crippen LogP contribution in [0.5, 0.6) is 0 Å². The molecule has 2 aliphatic rings. The monoisotopic (exact) mass is 284 g/mol. The van der Waals surface area contributed by atoms with Crippen molar-refractivity contribution in [3.8, 4) is 0 Å². The van der Waals surface area contributed by atoms with E-state index in [1.54, 1.807) is 21.5 Å². The zero-order chi connectivity index (χ0) is 14.3. The molecule has 0 aliphatic carbocycles. The summed E-state index contributed by atoms with van der Waals surface area (Å²) in [6.07, 6.45) is 1.20. The predicted octanol–water partition coefficient (Wildman–Crippen LogP) is 1.48. The van der Waals surface area contributed by atoms with Crippen molar-refractivity contribution in [2.45, 2.75) is 38.3 Å². The van der Waals surface area contributed by atoms with E-state index in [0.717, 1.165) is 17.9 Å². The summed E-state index contributed by atoms with van der Waals surface area (Å²) in [7, 11) is 1.73. The molecule has 20 heavy (non-hydrogen) atoms. The van der Waals surface area contributed by atoms with Gasteiger partial charge in [-0.3, -0.25) is 9.69 Å². The van der Waals surface area contributed by atoms with Crippen molar-refractivity contribution in [2.24, 2.45) is 0 Å². The number of likely N-dealkylation sites (tertiary alicyclic amines) is 1. The molecular formula is C13H18F2N4O. The Morgan fingerprint density at radius 3 is 2.90 bits per heavy atom. The summed E-state index contributed by atoms with van der Waals surface area (Å²) >= 11 is 0. The molecule has 2 aliphatic heterocycles. The van der Waals surface area contributed by atoms with Crippen LogP contribution in [-0.4, -0.2) is 46.6 Å². The van der Waals surface area contributed by atoms with Crippen LogP contribution in [0.2, 0.25) is 0 Å². The summed E-state index contributed by atoms with van der Waals surface area (Å²) in [5, 5.41) is 4.44. The Labute approximate surface area is 116 Å². The molecule has 3 rings (SSSR count). The third-order valence-corrected chi connectivity index (χ3v) is 3.92. The second-order valence-electron chi connectivity index (χ2n) is 5.59. The molecule has 0 unspecified atom stereocenters. The molecule has 3 heterocycles. The standard InChI is InChI=1S/C13H18F2N4O/c1-17-11-7-10(8-18-6-4-13(14,15)9-18)16-19(11)5-2-3-12(17)20/h7H,2-6,8-9H2,1H3. The fraction of sp³-hybridized carbons (Fsp3) is 0.692. The van der Waals surface area contributed by atoms with Crippen LogP contribution in [0.3, 0.4) is 0 Å². The molecule has 110 valence electrons. The molecule has 1 aromatic rings. The number of anilines is 1. The van der Waals surface area contributed by atoms with Gasteiger partial charge in [-0.1, -0.05) is 0 Å². The number of hydrogen-bond acceptors (Lipinski definition) is 3. The average molecular weight is 284 g/mol. The zero-order valence-electron chi connectivity index (χ0n) is 11.5. The van der Waals surface area contributed by atoms with Gasteiger partial charge in [-0.2, -0.15) is 5.10 Å². The van der Waals surface area contributed by atoms with Gasteiger partial charge < -0.3 is 4.90 Å². The maximum absolute atomic E-state index is 13.2. The summed E-state index contributed by atoms with van der Waals surface area (Å²) in [5.74, 6) is -1.75. The maximum Gasteiger partial charge on any atom is 0.261 e. The van der Waals surface area contributed by atoms with E-state index < -0.39 is 5.92 Å². The Kier molecular flexibility index (Phi) is 3.24. The molecule has 0 atom stereocenters. The van der Waals surface area contributed by atoms with Crippen LogP contribution >= 0.6 is 0 Å². The van der Waals surface area contributed by atoms with E-state index in [0.29, 0.717) is 26.1 Å². The van der Waals surface area contributed by atoms with Gasteiger partial charge in [0.15, 0.2) is 0 Å². The first-order valence-electron chi connectivity index (χ1n) is 6.88. The molecule has 0 bridgehead atoms. The van der Waals surface area contributed by atoms with Crippen molar-refractivity contribution in [3.63, 3.8) is 0 Å². The van der Waals surface area contributed by atoms with Crippen molar-refractivity contribution in [1.29, 1.82) is 0 Å². The van der Waals surface area contributed by atoms with Gasteiger partial charge in [0.05, 0.1) is 12.2 Å². The fourth-order valence-electron chi connectivity index (χ4n) is 2.82. The highest BCUT2D eigenvalue weighted by atomic mass is 19.3. The molecular weight excluding hydrogens is 266 g/mol. The summed E-state index contributed by atoms with van der Waals surface area (Å²) in [6, 6.07) is 1.83. The minimum atomic E-state index is -2.58. The van der Waals surface area contributed by atoms with Gasteiger partial charge in [0, 0.05) is 45.6 Å². The Morgan fingerprint density at radius 1 is 1.40 bits per heavy atom. The molecule has 0 aromatic carbocycles. The van der Waals surface area contributed by atoms with E-state index in [1.807, 2.05) is 6.07 Å². The highest BCUT2D eigenvalue weighted by molar-refractivity contribution is 5.92. The number of carbonyl (C=O) groups is 1. The van der Waals surface area contributed by atoms with Gasteiger partial charge in [-0.25, -0.2) is 13.5 Å². The number of rotatable bonds is 2. The number of hydrogen-bond donors (Lipinski definition) is 0. The van der Waals surface area contributed by atoms with Crippen LogP contribution in [0.15, 0.2) is 6.07 Å². The molecule has 1 amide bonds. The number of amides is 1. The molecule has 0 radical (unpaired) electrons. The third-order valence-electron chi connectivity index (χ3n) is 3.92. The molecule has 0 N–H and O–H groups in total. The number of fused-ring (bicyclic) bond motifs is 1. The number of carbonyl (C=O) groups excluding carboxylic acids is 1. The van der Waals surface area contributed by atoms with E-state index in [-0.39, 0.29) is 18.9 Å². The lowest BCUT2D eigenvalue weighted by Gasteiger charge is -2.14. The number of alkyl halides is 2. The van der Waals surface area contributed by atoms with Crippen LogP contribution in [0.1, 0.15) is 25.0 Å². The smallest absolute Gasteiger partial charge is 0.261 e. The van der Waals surface area contributed by atoms with Crippen molar-refractivity contribution in [1.82, 2.24) is 14.7 Å². The minimum Gasteiger partial charge on any atom is -0.300 e. The highest BCUT2D eigenvalue weighted by Gasteiger charge is 2.38. The molecule has 0 spiro atoms. The van der Waals surface area contributed by atoms with Gasteiger partial charge in [0.25, 0.3) is 5.92 Å². The maximum atomic E-state index is 13.2. The lowest BCUT2D eigenvalue weighted by atomic mass is 10.3. The minimum absolute atomic E-state index is 0.0721.